The first kappa shape index (κ1) is 21.8. The van der Waals surface area contributed by atoms with E-state index in [0.717, 1.165) is 33.2 Å². The van der Waals surface area contributed by atoms with Crippen molar-refractivity contribution < 1.29 is 0 Å². The van der Waals surface area contributed by atoms with Crippen molar-refractivity contribution >= 4 is 43.5 Å². The van der Waals surface area contributed by atoms with Crippen LogP contribution in [0, 0.1) is 0 Å². The maximum atomic E-state index is 5.27. The van der Waals surface area contributed by atoms with Gasteiger partial charge in [0, 0.05) is 27.1 Å². The normalized spacial score (nSPS) is 11.6. The predicted octanol–water partition coefficient (Wildman–Crippen LogP) is 9.21. The molecule has 8 aromatic rings. The lowest BCUT2D eigenvalue weighted by Gasteiger charge is -2.13. The zero-order valence-electron chi connectivity index (χ0n) is 21.1. The molecule has 8 rings (SSSR count). The van der Waals surface area contributed by atoms with Gasteiger partial charge in [-0.3, -0.25) is 4.57 Å². The highest BCUT2D eigenvalue weighted by molar-refractivity contribution is 6.18. The van der Waals surface area contributed by atoms with Crippen molar-refractivity contribution in [3.8, 4) is 28.3 Å². The largest absolute Gasteiger partial charge is 0.277 e. The van der Waals surface area contributed by atoms with Crippen molar-refractivity contribution in [3.63, 3.8) is 0 Å². The lowest BCUT2D eigenvalue weighted by atomic mass is 10.0. The second-order valence-corrected chi connectivity index (χ2v) is 9.87. The van der Waals surface area contributed by atoms with Crippen LogP contribution in [0.5, 0.6) is 0 Å². The highest BCUT2D eigenvalue weighted by atomic mass is 15.2. The van der Waals surface area contributed by atoms with Gasteiger partial charge in [0.15, 0.2) is 0 Å². The number of hydrogen-bond acceptors (Lipinski definition) is 2. The van der Waals surface area contributed by atoms with Gasteiger partial charge in [0.05, 0.1) is 22.2 Å². The standard InChI is InChI=1S/C36H23N3/c1-2-10-24(11-3-1)25-18-20-27(21-19-25)34-31-15-6-8-16-32(31)37-36(38-34)39-33-17-9-7-14-29(33)30-23-22-26-12-4-5-13-28(26)35(30)39/h1-23H. The van der Waals surface area contributed by atoms with E-state index in [2.05, 4.69) is 132 Å². The first-order valence-electron chi connectivity index (χ1n) is 13.2. The van der Waals surface area contributed by atoms with Gasteiger partial charge in [0.2, 0.25) is 5.95 Å². The van der Waals surface area contributed by atoms with E-state index in [1.807, 2.05) is 12.1 Å². The second-order valence-electron chi connectivity index (χ2n) is 9.87. The summed E-state index contributed by atoms with van der Waals surface area (Å²) >= 11 is 0. The molecule has 182 valence electrons. The minimum absolute atomic E-state index is 0.679. The summed E-state index contributed by atoms with van der Waals surface area (Å²) in [5, 5.41) is 5.83. The van der Waals surface area contributed by atoms with E-state index in [1.54, 1.807) is 0 Å². The zero-order chi connectivity index (χ0) is 25.8. The molecule has 0 atom stereocenters. The number of rotatable bonds is 3. The molecule has 3 nitrogen and oxygen atoms in total. The summed E-state index contributed by atoms with van der Waals surface area (Å²) in [6.07, 6.45) is 0. The molecular formula is C36H23N3. The molecule has 0 aliphatic rings. The van der Waals surface area contributed by atoms with Crippen molar-refractivity contribution in [1.82, 2.24) is 14.5 Å². The van der Waals surface area contributed by atoms with Crippen LogP contribution in [0.1, 0.15) is 0 Å². The molecule has 0 aliphatic carbocycles. The van der Waals surface area contributed by atoms with E-state index in [1.165, 1.54) is 32.7 Å². The highest BCUT2D eigenvalue weighted by Crippen LogP contribution is 2.37. The highest BCUT2D eigenvalue weighted by Gasteiger charge is 2.18. The number of hydrogen-bond donors (Lipinski definition) is 0. The van der Waals surface area contributed by atoms with E-state index >= 15 is 0 Å². The van der Waals surface area contributed by atoms with Gasteiger partial charge >= 0.3 is 0 Å². The van der Waals surface area contributed by atoms with Gasteiger partial charge in [0.25, 0.3) is 0 Å². The van der Waals surface area contributed by atoms with Gasteiger partial charge in [0.1, 0.15) is 0 Å². The number of aromatic nitrogens is 3. The van der Waals surface area contributed by atoms with Gasteiger partial charge in [-0.25, -0.2) is 9.97 Å². The van der Waals surface area contributed by atoms with Crippen LogP contribution >= 0.6 is 0 Å². The Morgan fingerprint density at radius 2 is 1.05 bits per heavy atom. The minimum atomic E-state index is 0.679. The average Bonchev–Trinajstić information content (AvgIpc) is 3.36. The molecule has 2 aromatic heterocycles. The van der Waals surface area contributed by atoms with E-state index < -0.39 is 0 Å². The van der Waals surface area contributed by atoms with Crippen molar-refractivity contribution in [2.45, 2.75) is 0 Å². The molecule has 0 unspecified atom stereocenters. The lowest BCUT2D eigenvalue weighted by Crippen LogP contribution is -2.03. The summed E-state index contributed by atoms with van der Waals surface area (Å²) in [7, 11) is 0. The molecule has 2 heterocycles. The summed E-state index contributed by atoms with van der Waals surface area (Å²) in [6, 6.07) is 49.0. The molecule has 0 amide bonds. The van der Waals surface area contributed by atoms with Crippen LogP contribution in [0.4, 0.5) is 0 Å². The molecule has 3 heteroatoms. The molecule has 6 aromatic carbocycles. The Hall–Kier alpha value is -5.28. The van der Waals surface area contributed by atoms with Gasteiger partial charge in [-0.2, -0.15) is 0 Å². The Bertz CT molecular complexity index is 2160. The molecule has 0 radical (unpaired) electrons. The van der Waals surface area contributed by atoms with E-state index in [4.69, 9.17) is 9.97 Å². The van der Waals surface area contributed by atoms with Crippen LogP contribution in [-0.2, 0) is 0 Å². The lowest BCUT2D eigenvalue weighted by molar-refractivity contribution is 1.02. The van der Waals surface area contributed by atoms with Gasteiger partial charge in [-0.15, -0.1) is 0 Å². The van der Waals surface area contributed by atoms with Crippen molar-refractivity contribution in [1.29, 1.82) is 0 Å². The first-order chi connectivity index (χ1) is 19.3. The van der Waals surface area contributed by atoms with Crippen LogP contribution in [-0.4, -0.2) is 14.5 Å². The van der Waals surface area contributed by atoms with E-state index in [-0.39, 0.29) is 0 Å². The average molecular weight is 498 g/mol. The fourth-order valence-corrected chi connectivity index (χ4v) is 5.77. The number of fused-ring (bicyclic) bond motifs is 6. The summed E-state index contributed by atoms with van der Waals surface area (Å²) in [6.45, 7) is 0. The molecule has 0 saturated carbocycles. The zero-order valence-corrected chi connectivity index (χ0v) is 21.1. The molecule has 0 bridgehead atoms. The Kier molecular flexibility index (Phi) is 4.82. The molecule has 39 heavy (non-hydrogen) atoms. The SMILES string of the molecule is c1ccc(-c2ccc(-c3nc(-n4c5ccccc5c5ccc6ccccc6c54)nc4ccccc34)cc2)cc1. The van der Waals surface area contributed by atoms with Crippen LogP contribution in [0.15, 0.2) is 140 Å². The summed E-state index contributed by atoms with van der Waals surface area (Å²) in [5.74, 6) is 0.679. The Morgan fingerprint density at radius 1 is 0.410 bits per heavy atom. The fourth-order valence-electron chi connectivity index (χ4n) is 5.77. The second kappa shape index (κ2) is 8.64. The third kappa shape index (κ3) is 3.44. The molecular weight excluding hydrogens is 474 g/mol. The molecule has 0 N–H and O–H groups in total. The maximum Gasteiger partial charge on any atom is 0.235 e. The fraction of sp³-hybridized carbons (Fsp3) is 0. The number of benzene rings is 6. The number of para-hydroxylation sites is 2. The van der Waals surface area contributed by atoms with Gasteiger partial charge in [-0.05, 0) is 28.6 Å². The molecule has 0 aliphatic heterocycles. The smallest absolute Gasteiger partial charge is 0.235 e. The van der Waals surface area contributed by atoms with Crippen LogP contribution in [0.25, 0.3) is 71.8 Å². The topological polar surface area (TPSA) is 30.7 Å². The van der Waals surface area contributed by atoms with Gasteiger partial charge in [-0.1, -0.05) is 127 Å². The monoisotopic (exact) mass is 497 g/mol. The Balaban J connectivity index is 1.42. The van der Waals surface area contributed by atoms with Gasteiger partial charge < -0.3 is 0 Å². The quantitative estimate of drug-likeness (QED) is 0.244. The van der Waals surface area contributed by atoms with Crippen LogP contribution in [0.2, 0.25) is 0 Å². The third-order valence-electron chi connectivity index (χ3n) is 7.62. The molecule has 0 spiro atoms. The summed E-state index contributed by atoms with van der Waals surface area (Å²) in [4.78, 5) is 10.4. The van der Waals surface area contributed by atoms with Crippen molar-refractivity contribution in [2.24, 2.45) is 0 Å². The van der Waals surface area contributed by atoms with E-state index in [9.17, 15) is 0 Å². The van der Waals surface area contributed by atoms with Crippen molar-refractivity contribution in [3.05, 3.63) is 140 Å². The van der Waals surface area contributed by atoms with Crippen LogP contribution in [0.3, 0.4) is 0 Å². The number of nitrogens with zero attached hydrogens (tertiary/aromatic N) is 3. The molecule has 0 saturated heterocycles. The predicted molar refractivity (Wildman–Crippen MR) is 162 cm³/mol. The van der Waals surface area contributed by atoms with Crippen LogP contribution < -0.4 is 0 Å². The minimum Gasteiger partial charge on any atom is -0.277 e. The van der Waals surface area contributed by atoms with Crippen molar-refractivity contribution in [2.75, 3.05) is 0 Å². The first-order valence-corrected chi connectivity index (χ1v) is 13.2. The summed E-state index contributed by atoms with van der Waals surface area (Å²) in [5.41, 5.74) is 7.55. The summed E-state index contributed by atoms with van der Waals surface area (Å²) < 4.78 is 2.24. The third-order valence-corrected chi connectivity index (χ3v) is 7.62. The Morgan fingerprint density at radius 3 is 1.90 bits per heavy atom. The Labute approximate surface area is 225 Å². The maximum absolute atomic E-state index is 5.27. The van der Waals surface area contributed by atoms with E-state index in [0.29, 0.717) is 5.95 Å². The molecule has 0 fully saturated rings.